The zero-order valence-corrected chi connectivity index (χ0v) is 12.2. The molecule has 0 amide bonds. The normalized spacial score (nSPS) is 10.9. The molecule has 0 atom stereocenters. The number of pyridine rings is 1. The second-order valence-corrected chi connectivity index (χ2v) is 5.23. The third-order valence-corrected chi connectivity index (χ3v) is 3.44. The maximum absolute atomic E-state index is 5.57. The Morgan fingerprint density at radius 2 is 2.11 bits per heavy atom. The highest BCUT2D eigenvalue weighted by Crippen LogP contribution is 2.20. The van der Waals surface area contributed by atoms with Crippen molar-refractivity contribution in [3.63, 3.8) is 0 Å². The van der Waals surface area contributed by atoms with Gasteiger partial charge < -0.3 is 5.73 Å². The summed E-state index contributed by atoms with van der Waals surface area (Å²) in [5.41, 5.74) is 10.1. The first kappa shape index (κ1) is 13.2. The fourth-order valence-corrected chi connectivity index (χ4v) is 2.44. The highest BCUT2D eigenvalue weighted by Gasteiger charge is 2.12. The Kier molecular flexibility index (Phi) is 4.14. The van der Waals surface area contributed by atoms with E-state index in [4.69, 9.17) is 5.73 Å². The fraction of sp³-hybridized carbons (Fsp3) is 0.385. The maximum atomic E-state index is 5.57. The molecule has 2 rings (SSSR count). The zero-order chi connectivity index (χ0) is 13.1. The van der Waals surface area contributed by atoms with Crippen molar-refractivity contribution in [2.24, 2.45) is 5.73 Å². The minimum absolute atomic E-state index is 0.711. The van der Waals surface area contributed by atoms with Crippen LogP contribution in [-0.2, 0) is 6.42 Å². The van der Waals surface area contributed by atoms with Crippen LogP contribution in [0.25, 0.3) is 5.69 Å². The molecule has 0 aliphatic rings. The lowest BCUT2D eigenvalue weighted by molar-refractivity contribution is 0.813. The molecule has 0 saturated heterocycles. The van der Waals surface area contributed by atoms with Crippen LogP contribution in [-0.4, -0.2) is 21.3 Å². The molecule has 4 nitrogen and oxygen atoms in total. The summed E-state index contributed by atoms with van der Waals surface area (Å²) in [7, 11) is 0. The molecule has 96 valence electrons. The van der Waals surface area contributed by atoms with Crippen molar-refractivity contribution in [2.75, 3.05) is 6.54 Å². The summed E-state index contributed by atoms with van der Waals surface area (Å²) in [5.74, 6) is 0. The average Bonchev–Trinajstić information content (AvgIpc) is 2.63. The molecule has 2 aromatic heterocycles. The third-order valence-electron chi connectivity index (χ3n) is 3.01. The monoisotopic (exact) mass is 308 g/mol. The Morgan fingerprint density at radius 1 is 1.33 bits per heavy atom. The van der Waals surface area contributed by atoms with Crippen molar-refractivity contribution in [3.8, 4) is 5.69 Å². The fourth-order valence-electron chi connectivity index (χ4n) is 2.08. The quantitative estimate of drug-likeness (QED) is 0.944. The van der Waals surface area contributed by atoms with E-state index in [1.807, 2.05) is 23.9 Å². The number of aromatic nitrogens is 3. The Bertz CT molecular complexity index is 548. The van der Waals surface area contributed by atoms with Crippen molar-refractivity contribution >= 4 is 15.9 Å². The van der Waals surface area contributed by atoms with E-state index in [0.717, 1.165) is 28.7 Å². The van der Waals surface area contributed by atoms with E-state index < -0.39 is 0 Å². The van der Waals surface area contributed by atoms with Gasteiger partial charge in [0.25, 0.3) is 0 Å². The highest BCUT2D eigenvalue weighted by atomic mass is 79.9. The molecule has 2 N–H and O–H groups in total. The van der Waals surface area contributed by atoms with Crippen LogP contribution >= 0.6 is 15.9 Å². The Labute approximate surface area is 115 Å². The van der Waals surface area contributed by atoms with Gasteiger partial charge in [0.15, 0.2) is 0 Å². The van der Waals surface area contributed by atoms with Gasteiger partial charge in [-0.1, -0.05) is 0 Å². The number of hydrogen-bond acceptors (Lipinski definition) is 3. The third kappa shape index (κ3) is 2.62. The van der Waals surface area contributed by atoms with E-state index in [0.29, 0.717) is 6.54 Å². The molecule has 5 heteroatoms. The molecule has 0 aromatic carbocycles. The molecule has 0 aliphatic carbocycles. The van der Waals surface area contributed by atoms with Crippen molar-refractivity contribution in [3.05, 3.63) is 39.9 Å². The first-order valence-electron chi connectivity index (χ1n) is 5.99. The summed E-state index contributed by atoms with van der Waals surface area (Å²) in [5, 5.41) is 4.59. The molecule has 2 heterocycles. The van der Waals surface area contributed by atoms with E-state index in [-0.39, 0.29) is 0 Å². The van der Waals surface area contributed by atoms with E-state index >= 15 is 0 Å². The summed E-state index contributed by atoms with van der Waals surface area (Å²) in [6.07, 6.45) is 5.56. The Balaban J connectivity index is 2.40. The SMILES string of the molecule is Cc1nn(-c2cncc(Br)c2)c(C)c1CCCN. The van der Waals surface area contributed by atoms with E-state index in [1.165, 1.54) is 11.3 Å². The second-order valence-electron chi connectivity index (χ2n) is 4.31. The second kappa shape index (κ2) is 5.63. The van der Waals surface area contributed by atoms with Crippen LogP contribution in [0.5, 0.6) is 0 Å². The van der Waals surface area contributed by atoms with Crippen LogP contribution in [0, 0.1) is 13.8 Å². The molecule has 0 saturated carbocycles. The van der Waals surface area contributed by atoms with Crippen LogP contribution in [0.1, 0.15) is 23.4 Å². The first-order valence-corrected chi connectivity index (χ1v) is 6.79. The molecule has 2 aromatic rings. The van der Waals surface area contributed by atoms with Crippen LogP contribution in [0.4, 0.5) is 0 Å². The number of rotatable bonds is 4. The molecule has 0 unspecified atom stereocenters. The van der Waals surface area contributed by atoms with E-state index in [1.54, 1.807) is 6.20 Å². The molecule has 0 bridgehead atoms. The van der Waals surface area contributed by atoms with Gasteiger partial charge in [0.2, 0.25) is 0 Å². The first-order chi connectivity index (χ1) is 8.63. The molecular weight excluding hydrogens is 292 g/mol. The lowest BCUT2D eigenvalue weighted by atomic mass is 10.1. The number of nitrogens with zero attached hydrogens (tertiary/aromatic N) is 3. The standard InChI is InChI=1S/C13H17BrN4/c1-9-13(4-3-5-15)10(2)18(17-9)12-6-11(14)7-16-8-12/h6-8H,3-5,15H2,1-2H3. The minimum atomic E-state index is 0.711. The largest absolute Gasteiger partial charge is 0.330 e. The van der Waals surface area contributed by atoms with Gasteiger partial charge in [-0.2, -0.15) is 5.10 Å². The summed E-state index contributed by atoms with van der Waals surface area (Å²) < 4.78 is 2.90. The van der Waals surface area contributed by atoms with E-state index in [9.17, 15) is 0 Å². The van der Waals surface area contributed by atoms with Crippen LogP contribution < -0.4 is 5.73 Å². The van der Waals surface area contributed by atoms with Crippen LogP contribution in [0.15, 0.2) is 22.9 Å². The van der Waals surface area contributed by atoms with Gasteiger partial charge in [0.05, 0.1) is 17.6 Å². The number of halogens is 1. The van der Waals surface area contributed by atoms with Crippen molar-refractivity contribution in [2.45, 2.75) is 26.7 Å². The van der Waals surface area contributed by atoms with Crippen molar-refractivity contribution < 1.29 is 0 Å². The molecular formula is C13H17BrN4. The van der Waals surface area contributed by atoms with Crippen LogP contribution in [0.3, 0.4) is 0 Å². The summed E-state index contributed by atoms with van der Waals surface area (Å²) in [6, 6.07) is 2.01. The molecule has 0 fully saturated rings. The average molecular weight is 309 g/mol. The van der Waals surface area contributed by atoms with Crippen molar-refractivity contribution in [1.82, 2.24) is 14.8 Å². The molecule has 18 heavy (non-hydrogen) atoms. The van der Waals surface area contributed by atoms with Gasteiger partial charge >= 0.3 is 0 Å². The van der Waals surface area contributed by atoms with Crippen LogP contribution in [0.2, 0.25) is 0 Å². The molecule has 0 spiro atoms. The predicted molar refractivity (Wildman–Crippen MR) is 75.9 cm³/mol. The lowest BCUT2D eigenvalue weighted by Gasteiger charge is -2.05. The van der Waals surface area contributed by atoms with E-state index in [2.05, 4.69) is 32.9 Å². The Hall–Kier alpha value is -1.20. The maximum Gasteiger partial charge on any atom is 0.0843 e. The van der Waals surface area contributed by atoms with Crippen molar-refractivity contribution in [1.29, 1.82) is 0 Å². The summed E-state index contributed by atoms with van der Waals surface area (Å²) in [6.45, 7) is 4.84. The highest BCUT2D eigenvalue weighted by molar-refractivity contribution is 9.10. The molecule has 0 radical (unpaired) electrons. The lowest BCUT2D eigenvalue weighted by Crippen LogP contribution is -2.02. The zero-order valence-electron chi connectivity index (χ0n) is 10.7. The number of aryl methyl sites for hydroxylation is 1. The van der Waals surface area contributed by atoms with Gasteiger partial charge in [-0.3, -0.25) is 4.98 Å². The molecule has 0 aliphatic heterocycles. The number of nitrogens with two attached hydrogens (primary N) is 1. The summed E-state index contributed by atoms with van der Waals surface area (Å²) >= 11 is 3.43. The van der Waals surface area contributed by atoms with Gasteiger partial charge in [-0.25, -0.2) is 4.68 Å². The predicted octanol–water partition coefficient (Wildman–Crippen LogP) is 2.54. The summed E-state index contributed by atoms with van der Waals surface area (Å²) in [4.78, 5) is 4.18. The van der Waals surface area contributed by atoms with Gasteiger partial charge in [0, 0.05) is 16.4 Å². The van der Waals surface area contributed by atoms with Gasteiger partial charge in [-0.15, -0.1) is 0 Å². The van der Waals surface area contributed by atoms with Gasteiger partial charge in [-0.05, 0) is 60.8 Å². The topological polar surface area (TPSA) is 56.7 Å². The minimum Gasteiger partial charge on any atom is -0.330 e. The Morgan fingerprint density at radius 3 is 2.78 bits per heavy atom. The van der Waals surface area contributed by atoms with Gasteiger partial charge in [0.1, 0.15) is 0 Å². The number of hydrogen-bond donors (Lipinski definition) is 1. The smallest absolute Gasteiger partial charge is 0.0843 e.